The van der Waals surface area contributed by atoms with Crippen molar-refractivity contribution < 1.29 is 13.9 Å². The summed E-state index contributed by atoms with van der Waals surface area (Å²) in [4.78, 5) is 26.0. The molecule has 3 rings (SSSR count). The van der Waals surface area contributed by atoms with E-state index in [1.165, 1.54) is 25.3 Å². The number of fused-ring (bicyclic) bond motifs is 1. The van der Waals surface area contributed by atoms with Crippen molar-refractivity contribution in [1.29, 1.82) is 0 Å². The Labute approximate surface area is 147 Å². The first-order valence-corrected chi connectivity index (χ1v) is 9.01. The van der Waals surface area contributed by atoms with E-state index in [0.717, 1.165) is 42.4 Å². The summed E-state index contributed by atoms with van der Waals surface area (Å²) in [5.41, 5.74) is 1.78. The highest BCUT2D eigenvalue weighted by Crippen LogP contribution is 2.28. The summed E-state index contributed by atoms with van der Waals surface area (Å²) in [5.74, 6) is 0.605. The third kappa shape index (κ3) is 4.03. The minimum absolute atomic E-state index is 0.0163. The molecule has 1 aliphatic rings. The van der Waals surface area contributed by atoms with Crippen LogP contribution in [-0.4, -0.2) is 30.5 Å². The third-order valence-electron chi connectivity index (χ3n) is 4.88. The topological polar surface area (TPSA) is 59.8 Å². The Morgan fingerprint density at radius 1 is 1.12 bits per heavy atom. The fourth-order valence-electron chi connectivity index (χ4n) is 3.38. The predicted octanol–water partition coefficient (Wildman–Crippen LogP) is 3.58. The molecule has 1 saturated heterocycles. The fraction of sp³-hybridized carbons (Fsp3) is 0.500. The first-order valence-electron chi connectivity index (χ1n) is 9.01. The van der Waals surface area contributed by atoms with Crippen LogP contribution in [0.25, 0.3) is 11.0 Å². The average molecular weight is 343 g/mol. The van der Waals surface area contributed by atoms with Crippen molar-refractivity contribution >= 4 is 16.9 Å². The highest BCUT2D eigenvalue weighted by molar-refractivity contribution is 5.85. The van der Waals surface area contributed by atoms with Crippen molar-refractivity contribution in [3.63, 3.8) is 0 Å². The van der Waals surface area contributed by atoms with E-state index in [1.807, 2.05) is 30.9 Å². The van der Waals surface area contributed by atoms with E-state index in [9.17, 15) is 9.59 Å². The van der Waals surface area contributed by atoms with Gasteiger partial charge in [-0.05, 0) is 44.4 Å². The van der Waals surface area contributed by atoms with E-state index in [2.05, 4.69) is 0 Å². The molecule has 0 unspecified atom stereocenters. The zero-order valence-corrected chi connectivity index (χ0v) is 15.0. The van der Waals surface area contributed by atoms with Gasteiger partial charge in [0, 0.05) is 30.1 Å². The van der Waals surface area contributed by atoms with E-state index in [4.69, 9.17) is 9.15 Å². The number of benzene rings is 1. The lowest BCUT2D eigenvalue weighted by atomic mass is 10.1. The Morgan fingerprint density at radius 2 is 1.80 bits per heavy atom. The van der Waals surface area contributed by atoms with E-state index in [0.29, 0.717) is 11.3 Å². The standard InChI is InChI=1S/C20H25NO4/c1-14-12-19(23)25-20-15(2)17(9-8-16(14)20)24-13-18(22)21-10-6-4-3-5-7-11-21/h8-9,12H,3-7,10-11,13H2,1-2H3. The number of hydrogen-bond acceptors (Lipinski definition) is 4. The third-order valence-corrected chi connectivity index (χ3v) is 4.88. The summed E-state index contributed by atoms with van der Waals surface area (Å²) < 4.78 is 11.1. The van der Waals surface area contributed by atoms with E-state index >= 15 is 0 Å². The fourth-order valence-corrected chi connectivity index (χ4v) is 3.38. The maximum Gasteiger partial charge on any atom is 0.336 e. The van der Waals surface area contributed by atoms with Gasteiger partial charge in [0.05, 0.1) is 0 Å². The maximum absolute atomic E-state index is 12.4. The van der Waals surface area contributed by atoms with Crippen LogP contribution in [0.2, 0.25) is 0 Å². The molecule has 1 amide bonds. The van der Waals surface area contributed by atoms with Crippen LogP contribution in [0.5, 0.6) is 5.75 Å². The summed E-state index contributed by atoms with van der Waals surface area (Å²) in [6.07, 6.45) is 5.76. The van der Waals surface area contributed by atoms with Gasteiger partial charge in [0.25, 0.3) is 5.91 Å². The number of carbonyl (C=O) groups is 1. The summed E-state index contributed by atoms with van der Waals surface area (Å²) >= 11 is 0. The van der Waals surface area contributed by atoms with Crippen LogP contribution >= 0.6 is 0 Å². The normalized spacial score (nSPS) is 15.7. The van der Waals surface area contributed by atoms with Gasteiger partial charge in [-0.15, -0.1) is 0 Å². The molecule has 0 atom stereocenters. The number of likely N-dealkylation sites (tertiary alicyclic amines) is 1. The summed E-state index contributed by atoms with van der Waals surface area (Å²) in [5, 5.41) is 0.888. The molecule has 2 aromatic rings. The van der Waals surface area contributed by atoms with Crippen molar-refractivity contribution in [3.05, 3.63) is 39.7 Å². The zero-order chi connectivity index (χ0) is 17.8. The summed E-state index contributed by atoms with van der Waals surface area (Å²) in [6, 6.07) is 5.19. The Balaban J connectivity index is 1.73. The van der Waals surface area contributed by atoms with Crippen LogP contribution in [0.3, 0.4) is 0 Å². The van der Waals surface area contributed by atoms with Gasteiger partial charge in [-0.1, -0.05) is 19.3 Å². The molecule has 0 N–H and O–H groups in total. The van der Waals surface area contributed by atoms with Crippen molar-refractivity contribution in [3.8, 4) is 5.75 Å². The quantitative estimate of drug-likeness (QED) is 0.799. The van der Waals surface area contributed by atoms with Crippen LogP contribution < -0.4 is 10.4 Å². The molecule has 25 heavy (non-hydrogen) atoms. The Bertz CT molecular complexity index is 816. The molecule has 5 heteroatoms. The van der Waals surface area contributed by atoms with Crippen LogP contribution in [0.4, 0.5) is 0 Å². The van der Waals surface area contributed by atoms with Gasteiger partial charge >= 0.3 is 5.63 Å². The molecule has 1 aliphatic heterocycles. The number of hydrogen-bond donors (Lipinski definition) is 0. The number of amides is 1. The Morgan fingerprint density at radius 3 is 2.52 bits per heavy atom. The highest BCUT2D eigenvalue weighted by Gasteiger charge is 2.16. The number of carbonyl (C=O) groups excluding carboxylic acids is 1. The number of ether oxygens (including phenoxy) is 1. The van der Waals surface area contributed by atoms with Crippen LogP contribution in [0.1, 0.15) is 43.2 Å². The number of aryl methyl sites for hydroxylation is 2. The van der Waals surface area contributed by atoms with E-state index < -0.39 is 0 Å². The van der Waals surface area contributed by atoms with Crippen molar-refractivity contribution in [2.75, 3.05) is 19.7 Å². The largest absolute Gasteiger partial charge is 0.483 e. The number of rotatable bonds is 3. The summed E-state index contributed by atoms with van der Waals surface area (Å²) in [7, 11) is 0. The SMILES string of the molecule is Cc1cc(=O)oc2c(C)c(OCC(=O)N3CCCCCCC3)ccc12. The predicted molar refractivity (Wildman–Crippen MR) is 97.1 cm³/mol. The van der Waals surface area contributed by atoms with Gasteiger partial charge < -0.3 is 14.1 Å². The molecule has 0 saturated carbocycles. The van der Waals surface area contributed by atoms with E-state index in [-0.39, 0.29) is 18.1 Å². The van der Waals surface area contributed by atoms with Gasteiger partial charge in [-0.2, -0.15) is 0 Å². The molecule has 0 spiro atoms. The lowest BCUT2D eigenvalue weighted by Crippen LogP contribution is -2.37. The second-order valence-corrected chi connectivity index (χ2v) is 6.75. The molecule has 134 valence electrons. The maximum atomic E-state index is 12.4. The van der Waals surface area contributed by atoms with Gasteiger partial charge in [-0.25, -0.2) is 4.79 Å². The number of nitrogens with zero attached hydrogens (tertiary/aromatic N) is 1. The minimum atomic E-state index is -0.373. The summed E-state index contributed by atoms with van der Waals surface area (Å²) in [6.45, 7) is 5.37. The van der Waals surface area contributed by atoms with Crippen LogP contribution in [-0.2, 0) is 4.79 Å². The Kier molecular flexibility index (Phi) is 5.41. The lowest BCUT2D eigenvalue weighted by Gasteiger charge is -2.25. The molecular formula is C20H25NO4. The first-order chi connectivity index (χ1) is 12.1. The second kappa shape index (κ2) is 7.72. The molecule has 0 aliphatic carbocycles. The van der Waals surface area contributed by atoms with E-state index in [1.54, 1.807) is 0 Å². The van der Waals surface area contributed by atoms with Crippen molar-refractivity contribution in [2.45, 2.75) is 46.0 Å². The molecule has 1 fully saturated rings. The Hall–Kier alpha value is -2.30. The second-order valence-electron chi connectivity index (χ2n) is 6.75. The van der Waals surface area contributed by atoms with Crippen LogP contribution in [0.15, 0.2) is 27.4 Å². The van der Waals surface area contributed by atoms with Crippen molar-refractivity contribution in [1.82, 2.24) is 4.90 Å². The monoisotopic (exact) mass is 343 g/mol. The zero-order valence-electron chi connectivity index (χ0n) is 15.0. The molecule has 5 nitrogen and oxygen atoms in total. The first kappa shape index (κ1) is 17.5. The van der Waals surface area contributed by atoms with Gasteiger partial charge in [0.2, 0.25) is 0 Å². The smallest absolute Gasteiger partial charge is 0.336 e. The van der Waals surface area contributed by atoms with Crippen molar-refractivity contribution in [2.24, 2.45) is 0 Å². The van der Waals surface area contributed by atoms with Gasteiger partial charge in [-0.3, -0.25) is 4.79 Å². The lowest BCUT2D eigenvalue weighted by molar-refractivity contribution is -0.133. The molecule has 1 aromatic heterocycles. The molecule has 0 bridgehead atoms. The molecule has 1 aromatic carbocycles. The minimum Gasteiger partial charge on any atom is -0.483 e. The highest BCUT2D eigenvalue weighted by atomic mass is 16.5. The average Bonchev–Trinajstić information content (AvgIpc) is 2.54. The van der Waals surface area contributed by atoms with Crippen LogP contribution in [0, 0.1) is 13.8 Å². The molecule has 0 radical (unpaired) electrons. The molecular weight excluding hydrogens is 318 g/mol. The van der Waals surface area contributed by atoms with Gasteiger partial charge in [0.15, 0.2) is 6.61 Å². The molecule has 2 heterocycles. The van der Waals surface area contributed by atoms with Gasteiger partial charge in [0.1, 0.15) is 11.3 Å².